The van der Waals surface area contributed by atoms with E-state index in [1.807, 2.05) is 42.3 Å². The summed E-state index contributed by atoms with van der Waals surface area (Å²) < 4.78 is 13.8. The van der Waals surface area contributed by atoms with Gasteiger partial charge in [0.05, 0.1) is 11.6 Å². The van der Waals surface area contributed by atoms with Crippen LogP contribution < -0.4 is 5.73 Å². The van der Waals surface area contributed by atoms with E-state index >= 15 is 0 Å². The maximum Gasteiger partial charge on any atom is 0.129 e. The molecule has 0 aliphatic heterocycles. The van der Waals surface area contributed by atoms with Crippen LogP contribution in [0.2, 0.25) is 0 Å². The molecule has 0 heterocycles. The van der Waals surface area contributed by atoms with Crippen LogP contribution in [0.3, 0.4) is 0 Å². The van der Waals surface area contributed by atoms with Crippen molar-refractivity contribution in [2.75, 3.05) is 12.8 Å². The van der Waals surface area contributed by atoms with Crippen molar-refractivity contribution in [3.05, 3.63) is 65.0 Å². The van der Waals surface area contributed by atoms with Gasteiger partial charge in [0.2, 0.25) is 0 Å². The van der Waals surface area contributed by atoms with Crippen LogP contribution in [-0.2, 0) is 13.1 Å². The Balaban J connectivity index is 2.03. The molecular formula is C16H16FN3. The third-order valence-electron chi connectivity index (χ3n) is 3.05. The number of rotatable bonds is 4. The number of hydrogen-bond donors (Lipinski definition) is 1. The molecule has 0 saturated carbocycles. The van der Waals surface area contributed by atoms with Crippen molar-refractivity contribution >= 4 is 5.69 Å². The van der Waals surface area contributed by atoms with Gasteiger partial charge in [-0.3, -0.25) is 4.90 Å². The first-order chi connectivity index (χ1) is 9.58. The van der Waals surface area contributed by atoms with Crippen molar-refractivity contribution in [1.29, 1.82) is 5.26 Å². The topological polar surface area (TPSA) is 53.0 Å². The largest absolute Gasteiger partial charge is 0.399 e. The van der Waals surface area contributed by atoms with Gasteiger partial charge >= 0.3 is 0 Å². The van der Waals surface area contributed by atoms with E-state index in [-0.39, 0.29) is 5.82 Å². The average Bonchev–Trinajstić information content (AvgIpc) is 2.43. The van der Waals surface area contributed by atoms with Gasteiger partial charge in [-0.15, -0.1) is 0 Å². The highest BCUT2D eigenvalue weighted by atomic mass is 19.1. The standard InChI is InChI=1S/C16H16FN3/c1-20(10-12-3-6-15(19)7-4-12)11-14-5-2-13(9-18)8-16(14)17/h2-8H,10-11,19H2,1H3. The summed E-state index contributed by atoms with van der Waals surface area (Å²) in [6.45, 7) is 1.20. The molecule has 0 unspecified atom stereocenters. The molecule has 3 nitrogen and oxygen atoms in total. The minimum Gasteiger partial charge on any atom is -0.399 e. The molecule has 0 saturated heterocycles. The summed E-state index contributed by atoms with van der Waals surface area (Å²) in [5.74, 6) is -0.340. The summed E-state index contributed by atoms with van der Waals surface area (Å²) in [6, 6.07) is 14.1. The summed E-state index contributed by atoms with van der Waals surface area (Å²) in [5.41, 5.74) is 8.42. The summed E-state index contributed by atoms with van der Waals surface area (Å²) in [7, 11) is 1.92. The first kappa shape index (κ1) is 14.0. The maximum atomic E-state index is 13.8. The first-order valence-electron chi connectivity index (χ1n) is 6.30. The van der Waals surface area contributed by atoms with E-state index in [9.17, 15) is 4.39 Å². The lowest BCUT2D eigenvalue weighted by Crippen LogP contribution is -2.18. The Morgan fingerprint density at radius 2 is 1.85 bits per heavy atom. The van der Waals surface area contributed by atoms with Gasteiger partial charge in [0.25, 0.3) is 0 Å². The molecule has 102 valence electrons. The molecule has 2 rings (SSSR count). The number of anilines is 1. The van der Waals surface area contributed by atoms with Crippen LogP contribution >= 0.6 is 0 Å². The number of nitrogens with zero attached hydrogens (tertiary/aromatic N) is 2. The van der Waals surface area contributed by atoms with Crippen LogP contribution in [0.15, 0.2) is 42.5 Å². The van der Waals surface area contributed by atoms with Crippen molar-refractivity contribution in [1.82, 2.24) is 4.90 Å². The highest BCUT2D eigenvalue weighted by Gasteiger charge is 2.07. The predicted octanol–water partition coefficient (Wildman–Crippen LogP) is 2.91. The van der Waals surface area contributed by atoms with Crippen molar-refractivity contribution in [2.45, 2.75) is 13.1 Å². The fourth-order valence-electron chi connectivity index (χ4n) is 2.03. The van der Waals surface area contributed by atoms with Crippen molar-refractivity contribution in [2.24, 2.45) is 0 Å². The third kappa shape index (κ3) is 3.56. The molecule has 2 aromatic carbocycles. The quantitative estimate of drug-likeness (QED) is 0.868. The van der Waals surface area contributed by atoms with E-state index in [0.29, 0.717) is 24.2 Å². The fraction of sp³-hybridized carbons (Fsp3) is 0.188. The molecule has 0 bridgehead atoms. The van der Waals surface area contributed by atoms with E-state index in [1.54, 1.807) is 12.1 Å². The van der Waals surface area contributed by atoms with Crippen LogP contribution in [0.25, 0.3) is 0 Å². The van der Waals surface area contributed by atoms with Crippen LogP contribution in [-0.4, -0.2) is 11.9 Å². The molecule has 0 fully saturated rings. The molecule has 0 atom stereocenters. The molecule has 0 aliphatic carbocycles. The van der Waals surface area contributed by atoms with E-state index in [2.05, 4.69) is 0 Å². The molecule has 0 amide bonds. The summed E-state index contributed by atoms with van der Waals surface area (Å²) in [4.78, 5) is 2.01. The zero-order valence-corrected chi connectivity index (χ0v) is 11.3. The van der Waals surface area contributed by atoms with Crippen LogP contribution in [0.4, 0.5) is 10.1 Å². The Bertz CT molecular complexity index is 629. The SMILES string of the molecule is CN(Cc1ccc(N)cc1)Cc1ccc(C#N)cc1F. The van der Waals surface area contributed by atoms with Gasteiger partial charge in [-0.2, -0.15) is 5.26 Å². The Morgan fingerprint density at radius 3 is 2.45 bits per heavy atom. The number of hydrogen-bond acceptors (Lipinski definition) is 3. The minimum absolute atomic E-state index is 0.340. The molecule has 0 aromatic heterocycles. The van der Waals surface area contributed by atoms with Gasteiger partial charge in [0.1, 0.15) is 5.82 Å². The number of nitrogens with two attached hydrogens (primary N) is 1. The van der Waals surface area contributed by atoms with Crippen LogP contribution in [0.5, 0.6) is 0 Å². The number of nitrogen functional groups attached to an aromatic ring is 1. The number of halogens is 1. The van der Waals surface area contributed by atoms with Crippen molar-refractivity contribution in [3.63, 3.8) is 0 Å². The van der Waals surface area contributed by atoms with Crippen molar-refractivity contribution < 1.29 is 4.39 Å². The highest BCUT2D eigenvalue weighted by molar-refractivity contribution is 5.39. The molecule has 4 heteroatoms. The second kappa shape index (κ2) is 6.18. The average molecular weight is 269 g/mol. The zero-order chi connectivity index (χ0) is 14.5. The minimum atomic E-state index is -0.340. The Kier molecular flexibility index (Phi) is 4.34. The van der Waals surface area contributed by atoms with E-state index in [1.165, 1.54) is 6.07 Å². The number of benzene rings is 2. The normalized spacial score (nSPS) is 10.5. The third-order valence-corrected chi connectivity index (χ3v) is 3.05. The van der Waals surface area contributed by atoms with Crippen molar-refractivity contribution in [3.8, 4) is 6.07 Å². The highest BCUT2D eigenvalue weighted by Crippen LogP contribution is 2.14. The monoisotopic (exact) mass is 269 g/mol. The smallest absolute Gasteiger partial charge is 0.129 e. The summed E-state index contributed by atoms with van der Waals surface area (Å²) >= 11 is 0. The Hall–Kier alpha value is -2.38. The molecule has 0 aliphatic rings. The lowest BCUT2D eigenvalue weighted by Gasteiger charge is -2.17. The second-order valence-corrected chi connectivity index (χ2v) is 4.83. The van der Waals surface area contributed by atoms with Gasteiger partial charge in [0, 0.05) is 24.3 Å². The molecule has 20 heavy (non-hydrogen) atoms. The van der Waals surface area contributed by atoms with Gasteiger partial charge in [-0.25, -0.2) is 4.39 Å². The molecule has 0 spiro atoms. The number of nitriles is 1. The molecule has 2 N–H and O–H groups in total. The van der Waals surface area contributed by atoms with Gasteiger partial charge < -0.3 is 5.73 Å². The van der Waals surface area contributed by atoms with Gasteiger partial charge in [-0.1, -0.05) is 18.2 Å². The van der Waals surface area contributed by atoms with E-state index < -0.39 is 0 Å². The maximum absolute atomic E-state index is 13.8. The molecule has 0 radical (unpaired) electrons. The summed E-state index contributed by atoms with van der Waals surface area (Å²) in [6.07, 6.45) is 0. The summed E-state index contributed by atoms with van der Waals surface area (Å²) in [5, 5.41) is 8.71. The van der Waals surface area contributed by atoms with Crippen LogP contribution in [0.1, 0.15) is 16.7 Å². The molecular weight excluding hydrogens is 253 g/mol. The lowest BCUT2D eigenvalue weighted by atomic mass is 10.1. The fourth-order valence-corrected chi connectivity index (χ4v) is 2.03. The molecule has 2 aromatic rings. The zero-order valence-electron chi connectivity index (χ0n) is 11.3. The Morgan fingerprint density at radius 1 is 1.15 bits per heavy atom. The predicted molar refractivity (Wildman–Crippen MR) is 77.1 cm³/mol. The lowest BCUT2D eigenvalue weighted by molar-refractivity contribution is 0.313. The second-order valence-electron chi connectivity index (χ2n) is 4.83. The van der Waals surface area contributed by atoms with E-state index in [4.69, 9.17) is 11.0 Å². The Labute approximate surface area is 118 Å². The van der Waals surface area contributed by atoms with Crippen LogP contribution in [0, 0.1) is 17.1 Å². The first-order valence-corrected chi connectivity index (χ1v) is 6.30. The van der Waals surface area contributed by atoms with Gasteiger partial charge in [-0.05, 0) is 36.9 Å². The van der Waals surface area contributed by atoms with E-state index in [0.717, 1.165) is 11.3 Å². The van der Waals surface area contributed by atoms with Gasteiger partial charge in [0.15, 0.2) is 0 Å².